The van der Waals surface area contributed by atoms with Crippen molar-refractivity contribution in [1.82, 2.24) is 14.0 Å². The second kappa shape index (κ2) is 11.3. The first-order valence-corrected chi connectivity index (χ1v) is 12.1. The first kappa shape index (κ1) is 30.7. The second-order valence-corrected chi connectivity index (χ2v) is 9.56. The Bertz CT molecular complexity index is 1700. The number of hydrogen-bond acceptors (Lipinski definition) is 6. The van der Waals surface area contributed by atoms with E-state index in [0.717, 1.165) is 5.52 Å². The van der Waals surface area contributed by atoms with Crippen molar-refractivity contribution in [2.24, 2.45) is 14.1 Å². The molecule has 3 heterocycles. The van der Waals surface area contributed by atoms with Crippen molar-refractivity contribution >= 4 is 58.3 Å². The number of rotatable bonds is 6. The van der Waals surface area contributed by atoms with E-state index in [1.807, 2.05) is 12.1 Å². The number of phosphoric acid groups is 1. The number of fused-ring (bicyclic) bond motifs is 2. The van der Waals surface area contributed by atoms with E-state index < -0.39 is 31.3 Å². The van der Waals surface area contributed by atoms with Gasteiger partial charge in [0.2, 0.25) is 0 Å². The summed E-state index contributed by atoms with van der Waals surface area (Å²) in [4.78, 5) is 56.8. The van der Waals surface area contributed by atoms with Crippen molar-refractivity contribution < 1.29 is 98.8 Å². The van der Waals surface area contributed by atoms with Crippen molar-refractivity contribution in [1.29, 1.82) is 0 Å². The number of aromatic nitrogens is 2. The van der Waals surface area contributed by atoms with Crippen LogP contribution < -0.4 is 0 Å². The van der Waals surface area contributed by atoms with Crippen LogP contribution in [-0.4, -0.2) is 47.3 Å². The number of carbonyl (C=O) groups excluding carboxylic acids is 2. The third-order valence-corrected chi connectivity index (χ3v) is 6.60. The van der Waals surface area contributed by atoms with Crippen LogP contribution in [0.4, 0.5) is 5.69 Å². The molecular formula is C23H19N4O8PY2. The summed E-state index contributed by atoms with van der Waals surface area (Å²) < 4.78 is 19.2. The average molecular weight is 688 g/mol. The number of nitro benzene ring substituents is 1. The van der Waals surface area contributed by atoms with Gasteiger partial charge in [0.05, 0.1) is 21.6 Å². The molecule has 1 aliphatic rings. The number of carbonyl (C=O) groups is 2. The molecule has 0 unspecified atom stereocenters. The van der Waals surface area contributed by atoms with Gasteiger partial charge in [0.1, 0.15) is 6.73 Å². The maximum Gasteiger partial charge on any atom is 0.471 e. The number of non-ortho nitro benzene ring substituents is 1. The van der Waals surface area contributed by atoms with Gasteiger partial charge in [-0.2, -0.15) is 0 Å². The molecule has 0 fully saturated rings. The molecule has 0 bridgehead atoms. The Morgan fingerprint density at radius 1 is 0.895 bits per heavy atom. The normalized spacial score (nSPS) is 13.8. The number of nitrogens with zero attached hydrogens (tertiary/aromatic N) is 4. The van der Waals surface area contributed by atoms with Crippen LogP contribution in [0.15, 0.2) is 54.9 Å². The minimum Gasteiger partial charge on any atom is -0.350 e. The van der Waals surface area contributed by atoms with Gasteiger partial charge >= 0.3 is 7.82 Å². The van der Waals surface area contributed by atoms with E-state index in [2.05, 4.69) is 4.52 Å². The Labute approximate surface area is 265 Å². The number of aryl methyl sites for hydroxylation is 2. The zero-order chi connectivity index (χ0) is 25.9. The van der Waals surface area contributed by atoms with Gasteiger partial charge in [-0.1, -0.05) is 18.2 Å². The van der Waals surface area contributed by atoms with Crippen molar-refractivity contribution in [3.8, 4) is 0 Å². The Morgan fingerprint density at radius 2 is 1.42 bits per heavy atom. The Hall–Kier alpha value is -1.88. The Morgan fingerprint density at radius 3 is 1.97 bits per heavy atom. The first-order valence-electron chi connectivity index (χ1n) is 10.6. The number of imide groups is 1. The van der Waals surface area contributed by atoms with Crippen LogP contribution in [0, 0.1) is 10.1 Å². The number of amides is 2. The molecule has 5 rings (SSSR count). The number of phosphoric ester groups is 1. The third kappa shape index (κ3) is 5.29. The molecule has 12 nitrogen and oxygen atoms in total. The zero-order valence-electron chi connectivity index (χ0n) is 20.1. The summed E-state index contributed by atoms with van der Waals surface area (Å²) in [6.07, 6.45) is 3.29. The quantitative estimate of drug-likeness (QED) is 0.136. The summed E-state index contributed by atoms with van der Waals surface area (Å²) in [6.45, 7) is -0.948. The molecule has 0 saturated heterocycles. The van der Waals surface area contributed by atoms with Gasteiger partial charge in [0, 0.05) is 131 Å². The molecule has 0 saturated carbocycles. The van der Waals surface area contributed by atoms with Gasteiger partial charge in [-0.05, 0) is 12.1 Å². The minimum atomic E-state index is -4.98. The second-order valence-electron chi connectivity index (χ2n) is 8.32. The van der Waals surface area contributed by atoms with Gasteiger partial charge in [-0.3, -0.25) is 24.2 Å². The molecule has 2 amide bonds. The van der Waals surface area contributed by atoms with E-state index >= 15 is 0 Å². The van der Waals surface area contributed by atoms with Crippen LogP contribution in [0.1, 0.15) is 11.1 Å². The summed E-state index contributed by atoms with van der Waals surface area (Å²) in [5.41, 5.74) is 1.99. The van der Waals surface area contributed by atoms with E-state index in [0.29, 0.717) is 32.3 Å². The Balaban J connectivity index is 0.00000200. The monoisotopic (exact) mass is 688 g/mol. The molecule has 2 N–H and O–H groups in total. The topological polar surface area (TPSA) is 157 Å². The largest absolute Gasteiger partial charge is 0.471 e. The predicted octanol–water partition coefficient (Wildman–Crippen LogP) is 2.92. The maximum atomic E-state index is 13.6. The van der Waals surface area contributed by atoms with E-state index in [9.17, 15) is 24.3 Å². The standard InChI is InChI=1S/C23H19N4O8P.2Y/c1-24-10-16(14-5-3-4-6-18(14)24)20-21(23(29)26(22(20)28)12-35-36(32,33)34)17-11-25(2)19-9-13(27(30)31)7-8-15(17)19;;/h3-11H,12H2,1-2H3,(H2,32,33,34);;. The summed E-state index contributed by atoms with van der Waals surface area (Å²) in [5, 5.41) is 12.5. The maximum absolute atomic E-state index is 13.6. The predicted molar refractivity (Wildman–Crippen MR) is 129 cm³/mol. The fourth-order valence-corrected chi connectivity index (χ4v) is 4.82. The van der Waals surface area contributed by atoms with E-state index in [-0.39, 0.29) is 82.3 Å². The SMILES string of the molecule is Cn1cc(C2=C(c3cn(C)c4cc([N+](=O)[O-])ccc34)C(=O)N(COP(=O)(O)O)C2=O)c2ccccc21.[Y].[Y]. The van der Waals surface area contributed by atoms with Crippen molar-refractivity contribution in [2.45, 2.75) is 0 Å². The van der Waals surface area contributed by atoms with Crippen LogP contribution in [0.5, 0.6) is 0 Å². The molecule has 190 valence electrons. The number of hydrogen-bond donors (Lipinski definition) is 2. The van der Waals surface area contributed by atoms with Gasteiger partial charge in [0.25, 0.3) is 17.5 Å². The molecule has 0 spiro atoms. The molecule has 0 aliphatic carbocycles. The van der Waals surface area contributed by atoms with Crippen LogP contribution in [-0.2, 0) is 98.2 Å². The smallest absolute Gasteiger partial charge is 0.350 e. The van der Waals surface area contributed by atoms with Gasteiger partial charge in [0.15, 0.2) is 0 Å². The summed E-state index contributed by atoms with van der Waals surface area (Å²) >= 11 is 0. The van der Waals surface area contributed by atoms with Crippen LogP contribution in [0.25, 0.3) is 33.0 Å². The van der Waals surface area contributed by atoms with Crippen LogP contribution >= 0.6 is 7.82 Å². The average Bonchev–Trinajstić information content (AvgIpc) is 3.41. The molecule has 0 atom stereocenters. The number of para-hydroxylation sites is 1. The van der Waals surface area contributed by atoms with Gasteiger partial charge in [-0.25, -0.2) is 9.46 Å². The molecule has 2 radical (unpaired) electrons. The molecule has 2 aromatic carbocycles. The van der Waals surface area contributed by atoms with Crippen LogP contribution in [0.3, 0.4) is 0 Å². The molecule has 4 aromatic rings. The molecule has 38 heavy (non-hydrogen) atoms. The number of nitro groups is 1. The fourth-order valence-electron chi connectivity index (χ4n) is 4.55. The summed E-state index contributed by atoms with van der Waals surface area (Å²) in [6, 6.07) is 11.5. The molecule has 15 heteroatoms. The van der Waals surface area contributed by atoms with E-state index in [1.165, 1.54) is 18.2 Å². The fraction of sp³-hybridized carbons (Fsp3) is 0.130. The first-order chi connectivity index (χ1) is 17.0. The third-order valence-electron chi connectivity index (χ3n) is 6.14. The molecule has 2 aromatic heterocycles. The zero-order valence-corrected chi connectivity index (χ0v) is 26.7. The van der Waals surface area contributed by atoms with E-state index in [4.69, 9.17) is 9.79 Å². The van der Waals surface area contributed by atoms with Crippen molar-refractivity contribution in [2.75, 3.05) is 6.73 Å². The minimum absolute atomic E-state index is 0. The van der Waals surface area contributed by atoms with E-state index in [1.54, 1.807) is 47.8 Å². The molecular weight excluding hydrogens is 669 g/mol. The summed E-state index contributed by atoms with van der Waals surface area (Å²) in [7, 11) is -1.53. The van der Waals surface area contributed by atoms with Gasteiger partial charge in [-0.15, -0.1) is 0 Å². The van der Waals surface area contributed by atoms with Crippen molar-refractivity contribution in [3.63, 3.8) is 0 Å². The number of benzene rings is 2. The Kier molecular flexibility index (Phi) is 9.12. The molecule has 1 aliphatic heterocycles. The van der Waals surface area contributed by atoms with Gasteiger partial charge < -0.3 is 18.9 Å². The van der Waals surface area contributed by atoms with Crippen molar-refractivity contribution in [3.05, 3.63) is 76.1 Å². The summed E-state index contributed by atoms with van der Waals surface area (Å²) in [5.74, 6) is -1.58. The van der Waals surface area contributed by atoms with Crippen LogP contribution in [0.2, 0.25) is 0 Å².